The number of hydrogen-bond donors (Lipinski definition) is 1. The molecular formula is C17H22N4O3S. The summed E-state index contributed by atoms with van der Waals surface area (Å²) in [6.07, 6.45) is 0. The number of ether oxygens (including phenoxy) is 1. The molecule has 1 aliphatic heterocycles. The lowest BCUT2D eigenvalue weighted by molar-refractivity contribution is -0.155. The molecule has 0 saturated carbocycles. The molecule has 1 aliphatic rings. The van der Waals surface area contributed by atoms with Crippen molar-refractivity contribution in [3.8, 4) is 0 Å². The Morgan fingerprint density at radius 3 is 3.00 bits per heavy atom. The van der Waals surface area contributed by atoms with Crippen LogP contribution >= 0.6 is 11.3 Å². The Bertz CT molecular complexity index is 741. The van der Waals surface area contributed by atoms with Gasteiger partial charge in [0.2, 0.25) is 11.8 Å². The molecule has 0 bridgehead atoms. The summed E-state index contributed by atoms with van der Waals surface area (Å²) >= 11 is 1.57. The summed E-state index contributed by atoms with van der Waals surface area (Å²) in [5.74, 6) is -0.343. The number of hydrogen-bond acceptors (Lipinski definition) is 5. The van der Waals surface area contributed by atoms with Crippen molar-refractivity contribution < 1.29 is 14.3 Å². The fraction of sp³-hybridized carbons (Fsp3) is 0.471. The normalized spacial score (nSPS) is 17.8. The third-order valence-electron chi connectivity index (χ3n) is 4.13. The van der Waals surface area contributed by atoms with Crippen LogP contribution in [0.15, 0.2) is 23.6 Å². The van der Waals surface area contributed by atoms with E-state index >= 15 is 0 Å². The summed E-state index contributed by atoms with van der Waals surface area (Å²) in [5, 5.41) is 9.23. The zero-order chi connectivity index (χ0) is 17.8. The fourth-order valence-corrected chi connectivity index (χ4v) is 3.60. The van der Waals surface area contributed by atoms with E-state index in [-0.39, 0.29) is 25.0 Å². The van der Waals surface area contributed by atoms with Gasteiger partial charge in [0.15, 0.2) is 0 Å². The van der Waals surface area contributed by atoms with Crippen LogP contribution in [0.5, 0.6) is 0 Å². The van der Waals surface area contributed by atoms with Gasteiger partial charge in [-0.1, -0.05) is 6.07 Å². The van der Waals surface area contributed by atoms with Crippen LogP contribution in [0.25, 0.3) is 0 Å². The molecule has 1 unspecified atom stereocenters. The lowest BCUT2D eigenvalue weighted by Crippen LogP contribution is -2.56. The van der Waals surface area contributed by atoms with Crippen molar-refractivity contribution in [1.29, 1.82) is 0 Å². The summed E-state index contributed by atoms with van der Waals surface area (Å²) in [4.78, 5) is 27.4. The second-order valence-corrected chi connectivity index (χ2v) is 7.11. The molecule has 134 valence electrons. The highest BCUT2D eigenvalue weighted by atomic mass is 32.1. The quantitative estimate of drug-likeness (QED) is 0.835. The van der Waals surface area contributed by atoms with Crippen LogP contribution in [0.2, 0.25) is 0 Å². The van der Waals surface area contributed by atoms with Gasteiger partial charge in [-0.05, 0) is 31.4 Å². The number of morpholine rings is 1. The summed E-state index contributed by atoms with van der Waals surface area (Å²) in [6.45, 7) is 5.67. The Morgan fingerprint density at radius 1 is 1.48 bits per heavy atom. The van der Waals surface area contributed by atoms with Crippen molar-refractivity contribution >= 4 is 23.2 Å². The van der Waals surface area contributed by atoms with E-state index in [0.29, 0.717) is 19.6 Å². The zero-order valence-electron chi connectivity index (χ0n) is 14.4. The molecule has 8 heteroatoms. The van der Waals surface area contributed by atoms with Crippen LogP contribution in [0, 0.1) is 13.8 Å². The Morgan fingerprint density at radius 2 is 2.32 bits per heavy atom. The van der Waals surface area contributed by atoms with Crippen LogP contribution in [0.3, 0.4) is 0 Å². The van der Waals surface area contributed by atoms with Crippen molar-refractivity contribution in [3.05, 3.63) is 39.8 Å². The third-order valence-corrected chi connectivity index (χ3v) is 4.99. The van der Waals surface area contributed by atoms with Crippen LogP contribution in [-0.2, 0) is 27.4 Å². The monoisotopic (exact) mass is 362 g/mol. The largest absolute Gasteiger partial charge is 0.369 e. The second-order valence-electron chi connectivity index (χ2n) is 6.07. The van der Waals surface area contributed by atoms with Crippen molar-refractivity contribution in [1.82, 2.24) is 20.0 Å². The smallest absolute Gasteiger partial charge is 0.249 e. The van der Waals surface area contributed by atoms with Crippen molar-refractivity contribution in [2.24, 2.45) is 0 Å². The molecule has 2 amide bonds. The van der Waals surface area contributed by atoms with Gasteiger partial charge < -0.3 is 15.0 Å². The van der Waals surface area contributed by atoms with E-state index in [1.54, 1.807) is 16.2 Å². The number of nitrogens with one attached hydrogen (secondary N) is 1. The van der Waals surface area contributed by atoms with Crippen molar-refractivity contribution in [2.45, 2.75) is 33.0 Å². The van der Waals surface area contributed by atoms with Gasteiger partial charge >= 0.3 is 0 Å². The predicted octanol–water partition coefficient (Wildman–Crippen LogP) is 1.11. The number of nitrogens with zero attached hydrogens (tertiary/aromatic N) is 3. The van der Waals surface area contributed by atoms with Gasteiger partial charge in [0.25, 0.3) is 0 Å². The standard InChI is InChI=1S/C17H22N4O3S/c1-12-8-13(2)21(19-12)6-5-18-17(23)15-10-24-11-16(22)20(15)9-14-4-3-7-25-14/h3-4,7-8,15H,5-6,9-11H2,1-2H3,(H,18,23). The third kappa shape index (κ3) is 4.26. The number of carbonyl (C=O) groups excluding carboxylic acids is 2. The molecule has 1 N–H and O–H groups in total. The average Bonchev–Trinajstić information content (AvgIpc) is 3.19. The van der Waals surface area contributed by atoms with E-state index in [1.807, 2.05) is 42.1 Å². The molecule has 2 aromatic rings. The number of thiophene rings is 1. The van der Waals surface area contributed by atoms with E-state index < -0.39 is 6.04 Å². The van der Waals surface area contributed by atoms with Crippen LogP contribution in [-0.4, -0.2) is 52.3 Å². The van der Waals surface area contributed by atoms with Gasteiger partial charge in [-0.15, -0.1) is 11.3 Å². The van der Waals surface area contributed by atoms with E-state index in [0.717, 1.165) is 16.3 Å². The Hall–Kier alpha value is -2.19. The first-order valence-electron chi connectivity index (χ1n) is 8.23. The molecule has 7 nitrogen and oxygen atoms in total. The summed E-state index contributed by atoms with van der Waals surface area (Å²) in [5.41, 5.74) is 2.01. The van der Waals surface area contributed by atoms with Crippen LogP contribution in [0.4, 0.5) is 0 Å². The number of aryl methyl sites for hydroxylation is 2. The molecule has 1 fully saturated rings. The highest BCUT2D eigenvalue weighted by Crippen LogP contribution is 2.17. The van der Waals surface area contributed by atoms with E-state index in [4.69, 9.17) is 4.74 Å². The molecule has 3 heterocycles. The zero-order valence-corrected chi connectivity index (χ0v) is 15.2. The van der Waals surface area contributed by atoms with Crippen LogP contribution < -0.4 is 5.32 Å². The van der Waals surface area contributed by atoms with Crippen LogP contribution in [0.1, 0.15) is 16.3 Å². The Labute approximate surface area is 150 Å². The minimum Gasteiger partial charge on any atom is -0.369 e. The summed E-state index contributed by atoms with van der Waals surface area (Å²) < 4.78 is 7.15. The topological polar surface area (TPSA) is 76.5 Å². The fourth-order valence-electron chi connectivity index (χ4n) is 2.89. The first-order chi connectivity index (χ1) is 12.0. The van der Waals surface area contributed by atoms with Gasteiger partial charge in [-0.3, -0.25) is 14.3 Å². The SMILES string of the molecule is Cc1cc(C)n(CCNC(=O)C2COCC(=O)N2Cc2cccs2)n1. The minimum atomic E-state index is -0.594. The molecule has 1 atom stereocenters. The highest BCUT2D eigenvalue weighted by molar-refractivity contribution is 7.09. The molecular weight excluding hydrogens is 340 g/mol. The molecule has 1 saturated heterocycles. The highest BCUT2D eigenvalue weighted by Gasteiger charge is 2.34. The Kier molecular flexibility index (Phi) is 5.50. The molecule has 0 spiro atoms. The maximum Gasteiger partial charge on any atom is 0.249 e. The number of carbonyl (C=O) groups is 2. The van der Waals surface area contributed by atoms with E-state index in [2.05, 4.69) is 10.4 Å². The second kappa shape index (κ2) is 7.79. The number of aromatic nitrogens is 2. The molecule has 0 aliphatic carbocycles. The first kappa shape index (κ1) is 17.6. The Balaban J connectivity index is 1.58. The minimum absolute atomic E-state index is 0.0287. The molecule has 25 heavy (non-hydrogen) atoms. The van der Waals surface area contributed by atoms with Crippen molar-refractivity contribution in [3.63, 3.8) is 0 Å². The first-order valence-corrected chi connectivity index (χ1v) is 9.11. The van der Waals surface area contributed by atoms with E-state index in [1.165, 1.54) is 0 Å². The maximum atomic E-state index is 12.6. The molecule has 3 rings (SSSR count). The number of amides is 2. The van der Waals surface area contributed by atoms with E-state index in [9.17, 15) is 9.59 Å². The maximum absolute atomic E-state index is 12.6. The van der Waals surface area contributed by atoms with Gasteiger partial charge in [-0.25, -0.2) is 0 Å². The van der Waals surface area contributed by atoms with Gasteiger partial charge in [0.1, 0.15) is 12.6 Å². The lowest BCUT2D eigenvalue weighted by Gasteiger charge is -2.34. The molecule has 0 aromatic carbocycles. The predicted molar refractivity (Wildman–Crippen MR) is 94.2 cm³/mol. The average molecular weight is 362 g/mol. The van der Waals surface area contributed by atoms with Crippen molar-refractivity contribution in [2.75, 3.05) is 19.8 Å². The summed E-state index contributed by atoms with van der Waals surface area (Å²) in [7, 11) is 0. The number of rotatable bonds is 6. The molecule has 0 radical (unpaired) electrons. The summed E-state index contributed by atoms with van der Waals surface area (Å²) in [6, 6.07) is 5.31. The van der Waals surface area contributed by atoms with Gasteiger partial charge in [0.05, 0.1) is 25.4 Å². The van der Waals surface area contributed by atoms with Gasteiger partial charge in [-0.2, -0.15) is 5.10 Å². The van der Waals surface area contributed by atoms with Gasteiger partial charge in [0, 0.05) is 17.1 Å². The lowest BCUT2D eigenvalue weighted by atomic mass is 10.2. The molecule has 2 aromatic heterocycles.